The van der Waals surface area contributed by atoms with Gasteiger partial charge in [-0.2, -0.15) is 0 Å². The van der Waals surface area contributed by atoms with Gasteiger partial charge in [-0.15, -0.1) is 0 Å². The molecule has 1 heterocycles. The van der Waals surface area contributed by atoms with E-state index in [4.69, 9.17) is 9.47 Å². The Bertz CT molecular complexity index is 128. The van der Waals surface area contributed by atoms with Crippen LogP contribution in [0.4, 0.5) is 0 Å². The number of hydrogen-bond donors (Lipinski definition) is 1. The number of aliphatic hydroxyl groups excluding tert-OH is 1. The molecule has 1 aliphatic rings. The van der Waals surface area contributed by atoms with Crippen molar-refractivity contribution >= 4 is 0 Å². The minimum absolute atomic E-state index is 0.0415. The van der Waals surface area contributed by atoms with Crippen LogP contribution in [0.25, 0.3) is 0 Å². The summed E-state index contributed by atoms with van der Waals surface area (Å²) in [7, 11) is 0. The lowest BCUT2D eigenvalue weighted by molar-refractivity contribution is -0.262. The zero-order valence-electron chi connectivity index (χ0n) is 7.33. The predicted molar refractivity (Wildman–Crippen MR) is 40.9 cm³/mol. The molecule has 11 heavy (non-hydrogen) atoms. The van der Waals surface area contributed by atoms with E-state index in [1.807, 2.05) is 0 Å². The third-order valence-electron chi connectivity index (χ3n) is 2.08. The van der Waals surface area contributed by atoms with Crippen molar-refractivity contribution in [2.24, 2.45) is 11.3 Å². The second kappa shape index (κ2) is 3.09. The number of ether oxygens (including phenoxy) is 2. The highest BCUT2D eigenvalue weighted by atomic mass is 16.7. The van der Waals surface area contributed by atoms with E-state index in [1.165, 1.54) is 0 Å². The summed E-state index contributed by atoms with van der Waals surface area (Å²) < 4.78 is 10.0. The number of hydrogen-bond acceptors (Lipinski definition) is 3. The second-order valence-electron chi connectivity index (χ2n) is 4.02. The molecule has 3 heteroatoms. The maximum atomic E-state index is 9.40. The molecule has 0 aromatic carbocycles. The maximum Gasteiger partial charge on any atom is 0.162 e. The maximum absolute atomic E-state index is 9.40. The van der Waals surface area contributed by atoms with Gasteiger partial charge in [0, 0.05) is 5.92 Å². The second-order valence-corrected chi connectivity index (χ2v) is 4.02. The number of rotatable bonds is 0. The molecular weight excluding hydrogens is 144 g/mol. The first-order valence-corrected chi connectivity index (χ1v) is 3.89. The molecule has 1 aliphatic heterocycles. The highest BCUT2D eigenvalue weighted by Gasteiger charge is 2.34. The Morgan fingerprint density at radius 2 is 2.00 bits per heavy atom. The molecule has 0 amide bonds. The van der Waals surface area contributed by atoms with Crippen LogP contribution < -0.4 is 0 Å². The Hall–Kier alpha value is -0.120. The summed E-state index contributed by atoms with van der Waals surface area (Å²) in [5.41, 5.74) is 0.0415. The third kappa shape index (κ3) is 2.15. The molecule has 66 valence electrons. The zero-order chi connectivity index (χ0) is 8.48. The topological polar surface area (TPSA) is 38.7 Å². The largest absolute Gasteiger partial charge is 0.368 e. The van der Waals surface area contributed by atoms with Gasteiger partial charge in [0.1, 0.15) is 6.79 Å². The van der Waals surface area contributed by atoms with Crippen molar-refractivity contribution in [3.8, 4) is 0 Å². The SMILES string of the molecule is CC(C)(C)[C@@H]1COCOC1O. The zero-order valence-corrected chi connectivity index (χ0v) is 7.33. The van der Waals surface area contributed by atoms with Gasteiger partial charge in [-0.3, -0.25) is 0 Å². The highest BCUT2D eigenvalue weighted by Crippen LogP contribution is 2.31. The van der Waals surface area contributed by atoms with Gasteiger partial charge in [0.15, 0.2) is 6.29 Å². The smallest absolute Gasteiger partial charge is 0.162 e. The lowest BCUT2D eigenvalue weighted by atomic mass is 9.80. The minimum atomic E-state index is -0.663. The molecule has 0 aromatic heterocycles. The van der Waals surface area contributed by atoms with Crippen LogP contribution in [0.2, 0.25) is 0 Å². The lowest BCUT2D eigenvalue weighted by Gasteiger charge is -2.36. The fraction of sp³-hybridized carbons (Fsp3) is 1.00. The van der Waals surface area contributed by atoms with Crippen molar-refractivity contribution in [3.63, 3.8) is 0 Å². The monoisotopic (exact) mass is 160 g/mol. The van der Waals surface area contributed by atoms with Gasteiger partial charge in [-0.1, -0.05) is 20.8 Å². The Balaban J connectivity index is 2.55. The lowest BCUT2D eigenvalue weighted by Crippen LogP contribution is -2.41. The van der Waals surface area contributed by atoms with Gasteiger partial charge < -0.3 is 14.6 Å². The van der Waals surface area contributed by atoms with Gasteiger partial charge in [0.05, 0.1) is 6.61 Å². The summed E-state index contributed by atoms with van der Waals surface area (Å²) in [6, 6.07) is 0. The quantitative estimate of drug-likeness (QED) is 0.574. The minimum Gasteiger partial charge on any atom is -0.368 e. The van der Waals surface area contributed by atoms with Crippen LogP contribution >= 0.6 is 0 Å². The van der Waals surface area contributed by atoms with Crippen molar-refractivity contribution in [2.75, 3.05) is 13.4 Å². The molecule has 1 N–H and O–H groups in total. The van der Waals surface area contributed by atoms with E-state index in [-0.39, 0.29) is 18.1 Å². The molecule has 0 radical (unpaired) electrons. The van der Waals surface area contributed by atoms with E-state index in [0.29, 0.717) is 6.61 Å². The van der Waals surface area contributed by atoms with Crippen LogP contribution in [0.5, 0.6) is 0 Å². The Kier molecular flexibility index (Phi) is 2.52. The molecule has 0 aromatic rings. The third-order valence-corrected chi connectivity index (χ3v) is 2.08. The van der Waals surface area contributed by atoms with Crippen LogP contribution in [0.3, 0.4) is 0 Å². The molecule has 0 aliphatic carbocycles. The molecule has 2 atom stereocenters. The van der Waals surface area contributed by atoms with Crippen LogP contribution in [-0.2, 0) is 9.47 Å². The van der Waals surface area contributed by atoms with Gasteiger partial charge in [-0.05, 0) is 5.41 Å². The van der Waals surface area contributed by atoms with Gasteiger partial charge in [-0.25, -0.2) is 0 Å². The molecule has 0 saturated carbocycles. The number of aliphatic hydroxyl groups is 1. The molecule has 3 nitrogen and oxygen atoms in total. The first kappa shape index (κ1) is 8.97. The summed E-state index contributed by atoms with van der Waals surface area (Å²) in [5.74, 6) is 0.0799. The van der Waals surface area contributed by atoms with Crippen molar-refractivity contribution in [1.29, 1.82) is 0 Å². The Morgan fingerprint density at radius 3 is 2.36 bits per heavy atom. The highest BCUT2D eigenvalue weighted by molar-refractivity contribution is 4.77. The van der Waals surface area contributed by atoms with E-state index >= 15 is 0 Å². The average Bonchev–Trinajstić information content (AvgIpc) is 1.86. The van der Waals surface area contributed by atoms with E-state index in [0.717, 1.165) is 0 Å². The molecule has 1 rings (SSSR count). The summed E-state index contributed by atoms with van der Waals surface area (Å²) in [6.07, 6.45) is -0.663. The predicted octanol–water partition coefficient (Wildman–Crippen LogP) is 0.971. The summed E-state index contributed by atoms with van der Waals surface area (Å²) >= 11 is 0. The van der Waals surface area contributed by atoms with Crippen LogP contribution in [0.1, 0.15) is 20.8 Å². The van der Waals surface area contributed by atoms with Crippen molar-refractivity contribution in [1.82, 2.24) is 0 Å². The Morgan fingerprint density at radius 1 is 1.36 bits per heavy atom. The standard InChI is InChI=1S/C8H16O3/c1-8(2,3)6-4-10-5-11-7(6)9/h6-7,9H,4-5H2,1-3H3/t6-,7?/m1/s1. The van der Waals surface area contributed by atoms with E-state index < -0.39 is 6.29 Å². The average molecular weight is 160 g/mol. The van der Waals surface area contributed by atoms with Crippen molar-refractivity contribution in [2.45, 2.75) is 27.1 Å². The van der Waals surface area contributed by atoms with Crippen molar-refractivity contribution < 1.29 is 14.6 Å². The summed E-state index contributed by atoms with van der Waals surface area (Å²) in [4.78, 5) is 0. The molecule has 1 unspecified atom stereocenters. The first-order valence-electron chi connectivity index (χ1n) is 3.89. The molecule has 0 bridgehead atoms. The van der Waals surface area contributed by atoms with Gasteiger partial charge >= 0.3 is 0 Å². The summed E-state index contributed by atoms with van der Waals surface area (Å²) in [5, 5.41) is 9.40. The normalized spacial score (nSPS) is 33.8. The van der Waals surface area contributed by atoms with Crippen LogP contribution in [0.15, 0.2) is 0 Å². The molecular formula is C8H16O3. The van der Waals surface area contributed by atoms with Crippen LogP contribution in [0, 0.1) is 11.3 Å². The van der Waals surface area contributed by atoms with Gasteiger partial charge in [0.2, 0.25) is 0 Å². The fourth-order valence-electron chi connectivity index (χ4n) is 1.17. The first-order chi connectivity index (χ1) is 5.02. The fourth-order valence-corrected chi connectivity index (χ4v) is 1.17. The van der Waals surface area contributed by atoms with E-state index in [2.05, 4.69) is 20.8 Å². The van der Waals surface area contributed by atoms with Gasteiger partial charge in [0.25, 0.3) is 0 Å². The van der Waals surface area contributed by atoms with Crippen molar-refractivity contribution in [3.05, 3.63) is 0 Å². The Labute approximate surface area is 67.3 Å². The van der Waals surface area contributed by atoms with Crippen LogP contribution in [-0.4, -0.2) is 24.8 Å². The molecule has 1 saturated heterocycles. The summed E-state index contributed by atoms with van der Waals surface area (Å²) in [6.45, 7) is 7.01. The van der Waals surface area contributed by atoms with E-state index in [1.54, 1.807) is 0 Å². The molecule has 0 spiro atoms. The molecule has 1 fully saturated rings. The van der Waals surface area contributed by atoms with E-state index in [9.17, 15) is 5.11 Å².